The minimum Gasteiger partial charge on any atom is -0.390 e. The van der Waals surface area contributed by atoms with Gasteiger partial charge in [0.2, 0.25) is 5.91 Å². The van der Waals surface area contributed by atoms with Gasteiger partial charge in [0.05, 0.1) is 17.1 Å². The van der Waals surface area contributed by atoms with E-state index in [0.717, 1.165) is 11.8 Å². The first-order valence-corrected chi connectivity index (χ1v) is 9.88. The number of benzene rings is 1. The Bertz CT molecular complexity index is 739. The maximum Gasteiger partial charge on any atom is 0.266 e. The van der Waals surface area contributed by atoms with Gasteiger partial charge in [-0.15, -0.1) is 0 Å². The molecule has 0 bridgehead atoms. The lowest BCUT2D eigenvalue weighted by molar-refractivity contribution is -0.129. The van der Waals surface area contributed by atoms with E-state index in [-0.39, 0.29) is 30.2 Å². The monoisotopic (exact) mass is 398 g/mol. The van der Waals surface area contributed by atoms with Crippen LogP contribution in [0, 0.1) is 5.82 Å². The Kier molecular flexibility index (Phi) is 5.78. The fourth-order valence-corrected chi connectivity index (χ4v) is 4.85. The van der Waals surface area contributed by atoms with Crippen LogP contribution in [0.1, 0.15) is 5.56 Å². The number of thioether (sulfide) groups is 2. The highest BCUT2D eigenvalue weighted by atomic mass is 32.2. The Labute approximate surface area is 158 Å². The van der Waals surface area contributed by atoms with E-state index in [1.54, 1.807) is 30.0 Å². The molecule has 0 aromatic heterocycles. The van der Waals surface area contributed by atoms with Crippen molar-refractivity contribution in [3.8, 4) is 0 Å². The Hall–Kier alpha value is -1.42. The summed E-state index contributed by atoms with van der Waals surface area (Å²) in [6, 6.07) is 5.45. The molecule has 5 nitrogen and oxygen atoms in total. The predicted octanol–water partition coefficient (Wildman–Crippen LogP) is 1.62. The molecule has 2 fully saturated rings. The SMILES string of the molecule is O=C(CN1C(=O)/C(=C\c2ccc(F)cc2)SC1=S)N[C@@H]1CSC[C@@H]1O. The molecule has 2 N–H and O–H groups in total. The first-order chi connectivity index (χ1) is 11.9. The van der Waals surface area contributed by atoms with Crippen LogP contribution in [0.5, 0.6) is 0 Å². The summed E-state index contributed by atoms with van der Waals surface area (Å²) in [5, 5.41) is 12.5. The molecule has 2 saturated heterocycles. The molecule has 132 valence electrons. The van der Waals surface area contributed by atoms with Crippen LogP contribution in [-0.2, 0) is 9.59 Å². The van der Waals surface area contributed by atoms with Crippen molar-refractivity contribution in [3.63, 3.8) is 0 Å². The fourth-order valence-electron chi connectivity index (χ4n) is 2.42. The second-order valence-corrected chi connectivity index (χ2v) is 8.35. The van der Waals surface area contributed by atoms with Crippen molar-refractivity contribution in [2.75, 3.05) is 18.1 Å². The van der Waals surface area contributed by atoms with Crippen LogP contribution in [-0.4, -0.2) is 56.3 Å². The van der Waals surface area contributed by atoms with Crippen LogP contribution < -0.4 is 5.32 Å². The van der Waals surface area contributed by atoms with E-state index in [0.29, 0.717) is 26.3 Å². The molecule has 2 atom stereocenters. The van der Waals surface area contributed by atoms with Crippen LogP contribution >= 0.6 is 35.7 Å². The van der Waals surface area contributed by atoms with Crippen molar-refractivity contribution in [2.45, 2.75) is 12.1 Å². The molecule has 1 aromatic rings. The third-order valence-electron chi connectivity index (χ3n) is 3.74. The van der Waals surface area contributed by atoms with Crippen molar-refractivity contribution in [1.82, 2.24) is 10.2 Å². The lowest BCUT2D eigenvalue weighted by Crippen LogP contribution is -2.47. The number of aliphatic hydroxyl groups excluding tert-OH is 1. The molecular weight excluding hydrogens is 383 g/mol. The van der Waals surface area contributed by atoms with E-state index in [9.17, 15) is 19.1 Å². The third kappa shape index (κ3) is 4.41. The van der Waals surface area contributed by atoms with Gasteiger partial charge in [0.1, 0.15) is 16.7 Å². The number of thiocarbonyl (C=S) groups is 1. The minimum atomic E-state index is -0.571. The molecule has 1 aromatic carbocycles. The Morgan fingerprint density at radius 2 is 2.12 bits per heavy atom. The maximum atomic E-state index is 13.0. The summed E-state index contributed by atoms with van der Waals surface area (Å²) in [6.45, 7) is -0.181. The van der Waals surface area contributed by atoms with Crippen molar-refractivity contribution in [2.24, 2.45) is 0 Å². The number of nitrogens with one attached hydrogen (secondary N) is 1. The third-order valence-corrected chi connectivity index (χ3v) is 6.29. The highest BCUT2D eigenvalue weighted by Gasteiger charge is 2.34. The average molecular weight is 399 g/mol. The normalized spacial score (nSPS) is 25.0. The number of hydrogen-bond donors (Lipinski definition) is 2. The largest absolute Gasteiger partial charge is 0.390 e. The molecule has 9 heteroatoms. The summed E-state index contributed by atoms with van der Waals surface area (Å²) < 4.78 is 13.3. The van der Waals surface area contributed by atoms with Gasteiger partial charge >= 0.3 is 0 Å². The smallest absolute Gasteiger partial charge is 0.266 e. The quantitative estimate of drug-likeness (QED) is 0.593. The fraction of sp³-hybridized carbons (Fsp3) is 0.312. The number of carbonyl (C=O) groups is 2. The maximum absolute atomic E-state index is 13.0. The molecule has 0 unspecified atom stereocenters. The number of halogens is 1. The first kappa shape index (κ1) is 18.4. The van der Waals surface area contributed by atoms with Crippen molar-refractivity contribution in [1.29, 1.82) is 0 Å². The molecule has 0 aliphatic carbocycles. The van der Waals surface area contributed by atoms with Gasteiger partial charge in [-0.3, -0.25) is 14.5 Å². The van der Waals surface area contributed by atoms with Crippen molar-refractivity contribution in [3.05, 3.63) is 40.6 Å². The number of carbonyl (C=O) groups excluding carboxylic acids is 2. The van der Waals surface area contributed by atoms with Crippen molar-refractivity contribution >= 4 is 58.0 Å². The Morgan fingerprint density at radius 3 is 2.76 bits per heavy atom. The zero-order valence-corrected chi connectivity index (χ0v) is 15.4. The summed E-state index contributed by atoms with van der Waals surface area (Å²) in [4.78, 5) is 26.2. The molecule has 0 radical (unpaired) electrons. The first-order valence-electron chi connectivity index (χ1n) is 7.50. The van der Waals surface area contributed by atoms with Gasteiger partial charge in [-0.25, -0.2) is 4.39 Å². The Morgan fingerprint density at radius 1 is 1.40 bits per heavy atom. The molecule has 25 heavy (non-hydrogen) atoms. The van der Waals surface area contributed by atoms with E-state index in [1.807, 2.05) is 0 Å². The van der Waals surface area contributed by atoms with Crippen molar-refractivity contribution < 1.29 is 19.1 Å². The minimum absolute atomic E-state index is 0.181. The second kappa shape index (κ2) is 7.86. The molecule has 0 spiro atoms. The molecule has 2 aliphatic rings. The number of amides is 2. The van der Waals surface area contributed by atoms with Gasteiger partial charge in [0.15, 0.2) is 0 Å². The lowest BCUT2D eigenvalue weighted by Gasteiger charge is -2.18. The van der Waals surface area contributed by atoms with Crippen LogP contribution in [0.3, 0.4) is 0 Å². The van der Waals surface area contributed by atoms with Crippen LogP contribution in [0.25, 0.3) is 6.08 Å². The second-order valence-electron chi connectivity index (χ2n) is 5.60. The van der Waals surface area contributed by atoms with E-state index in [4.69, 9.17) is 12.2 Å². The summed E-state index contributed by atoms with van der Waals surface area (Å²) in [6.07, 6.45) is 1.05. The van der Waals surface area contributed by atoms with Gasteiger partial charge in [0, 0.05) is 11.5 Å². The summed E-state index contributed by atoms with van der Waals surface area (Å²) in [5.74, 6) is 0.178. The van der Waals surface area contributed by atoms with Gasteiger partial charge in [-0.05, 0) is 23.8 Å². The Balaban J connectivity index is 1.64. The van der Waals surface area contributed by atoms with Gasteiger partial charge < -0.3 is 10.4 Å². The molecule has 2 aliphatic heterocycles. The number of hydrogen-bond acceptors (Lipinski definition) is 6. The average Bonchev–Trinajstić information content (AvgIpc) is 3.08. The van der Waals surface area contributed by atoms with Crippen LogP contribution in [0.2, 0.25) is 0 Å². The van der Waals surface area contributed by atoms with Crippen LogP contribution in [0.15, 0.2) is 29.2 Å². The van der Waals surface area contributed by atoms with Gasteiger partial charge in [0.25, 0.3) is 5.91 Å². The molecule has 2 amide bonds. The zero-order valence-electron chi connectivity index (χ0n) is 13.0. The lowest BCUT2D eigenvalue weighted by atomic mass is 10.2. The highest BCUT2D eigenvalue weighted by Crippen LogP contribution is 2.32. The van der Waals surface area contributed by atoms with Gasteiger partial charge in [-0.1, -0.05) is 36.1 Å². The molecular formula is C16H15FN2O3S3. The highest BCUT2D eigenvalue weighted by molar-refractivity contribution is 8.26. The van der Waals surface area contributed by atoms with Gasteiger partial charge in [-0.2, -0.15) is 11.8 Å². The van der Waals surface area contributed by atoms with E-state index >= 15 is 0 Å². The molecule has 2 heterocycles. The zero-order chi connectivity index (χ0) is 18.0. The molecule has 3 rings (SSSR count). The topological polar surface area (TPSA) is 69.6 Å². The predicted molar refractivity (Wildman–Crippen MR) is 102 cm³/mol. The summed E-state index contributed by atoms with van der Waals surface area (Å²) in [5.41, 5.74) is 0.678. The number of nitrogens with zero attached hydrogens (tertiary/aromatic N) is 1. The van der Waals surface area contributed by atoms with E-state index in [1.165, 1.54) is 17.0 Å². The van der Waals surface area contributed by atoms with E-state index < -0.39 is 6.10 Å². The van der Waals surface area contributed by atoms with E-state index in [2.05, 4.69) is 5.32 Å². The summed E-state index contributed by atoms with van der Waals surface area (Å²) in [7, 11) is 0. The number of rotatable bonds is 4. The molecule has 0 saturated carbocycles. The number of aliphatic hydroxyl groups is 1. The van der Waals surface area contributed by atoms with Crippen LogP contribution in [0.4, 0.5) is 4.39 Å². The standard InChI is InChI=1S/C16H15FN2O3S3/c17-10-3-1-9(2-4-10)5-13-15(22)19(16(23)25-13)6-14(21)18-11-7-24-8-12(11)20/h1-5,11-12,20H,6-8H2,(H,18,21)/b13-5+/t11-,12+/m1/s1. The summed E-state index contributed by atoms with van der Waals surface area (Å²) >= 11 is 7.87.